The van der Waals surface area contributed by atoms with Gasteiger partial charge in [-0.15, -0.1) is 0 Å². The number of thioether (sulfide) groups is 1. The van der Waals surface area contributed by atoms with E-state index in [-0.39, 0.29) is 17.5 Å². The maximum absolute atomic E-state index is 13.0. The van der Waals surface area contributed by atoms with Crippen LogP contribution >= 0.6 is 11.8 Å². The molecule has 1 fully saturated rings. The zero-order chi connectivity index (χ0) is 20.0. The summed E-state index contributed by atoms with van der Waals surface area (Å²) in [6.45, 7) is 5.62. The largest absolute Gasteiger partial charge is 0.322 e. The van der Waals surface area contributed by atoms with Crippen molar-refractivity contribution in [3.05, 3.63) is 46.0 Å². The second-order valence-corrected chi connectivity index (χ2v) is 8.54. The number of carbonyl (C=O) groups excluding carboxylic acids is 1. The molecule has 1 N–H and O–H groups in total. The van der Waals surface area contributed by atoms with E-state index in [1.165, 1.54) is 11.8 Å². The van der Waals surface area contributed by atoms with E-state index in [4.69, 9.17) is 4.98 Å². The predicted molar refractivity (Wildman–Crippen MR) is 111 cm³/mol. The first-order valence-electron chi connectivity index (χ1n) is 9.36. The number of hydrogen-bond donors (Lipinski definition) is 1. The van der Waals surface area contributed by atoms with E-state index in [1.54, 1.807) is 9.25 Å². The van der Waals surface area contributed by atoms with Gasteiger partial charge in [0.1, 0.15) is 0 Å². The average Bonchev–Trinajstić information content (AvgIpc) is 3.46. The molecule has 0 spiro atoms. The number of aryl methyl sites for hydroxylation is 2. The number of aromatic nitrogens is 4. The van der Waals surface area contributed by atoms with Crippen molar-refractivity contribution in [2.75, 3.05) is 5.32 Å². The molecular weight excluding hydrogens is 374 g/mol. The van der Waals surface area contributed by atoms with Crippen molar-refractivity contribution in [1.29, 1.82) is 0 Å². The number of hydrogen-bond acceptors (Lipinski definition) is 5. The number of nitrogens with one attached hydrogen (secondary N) is 1. The minimum absolute atomic E-state index is 0.0258. The highest BCUT2D eigenvalue weighted by atomic mass is 32.2. The lowest BCUT2D eigenvalue weighted by Gasteiger charge is -2.16. The molecule has 0 saturated heterocycles. The van der Waals surface area contributed by atoms with Gasteiger partial charge < -0.3 is 5.32 Å². The molecule has 0 unspecified atom stereocenters. The lowest BCUT2D eigenvalue weighted by molar-refractivity contribution is -0.115. The molecule has 1 atom stereocenters. The summed E-state index contributed by atoms with van der Waals surface area (Å²) in [6.07, 6.45) is 1.95. The predicted octanol–water partition coefficient (Wildman–Crippen LogP) is 3.20. The van der Waals surface area contributed by atoms with Gasteiger partial charge in [-0.3, -0.25) is 18.8 Å². The van der Waals surface area contributed by atoms with Gasteiger partial charge in [0.2, 0.25) is 5.91 Å². The van der Waals surface area contributed by atoms with Gasteiger partial charge >= 0.3 is 0 Å². The summed E-state index contributed by atoms with van der Waals surface area (Å²) in [7, 11) is 1.85. The fourth-order valence-electron chi connectivity index (χ4n) is 3.25. The van der Waals surface area contributed by atoms with Gasteiger partial charge in [-0.05, 0) is 45.7 Å². The second-order valence-electron chi connectivity index (χ2n) is 7.24. The van der Waals surface area contributed by atoms with Crippen LogP contribution in [-0.2, 0) is 11.8 Å². The van der Waals surface area contributed by atoms with E-state index in [2.05, 4.69) is 10.4 Å². The molecule has 1 amide bonds. The van der Waals surface area contributed by atoms with Crippen molar-refractivity contribution < 1.29 is 4.79 Å². The van der Waals surface area contributed by atoms with Crippen LogP contribution in [0.15, 0.2) is 34.2 Å². The third-order valence-electron chi connectivity index (χ3n) is 5.10. The Labute approximate surface area is 167 Å². The quantitative estimate of drug-likeness (QED) is 0.528. The normalized spacial score (nSPS) is 15.0. The van der Waals surface area contributed by atoms with Gasteiger partial charge in [-0.25, -0.2) is 4.98 Å². The van der Waals surface area contributed by atoms with E-state index in [1.807, 2.05) is 52.1 Å². The fraction of sp³-hybridized carbons (Fsp3) is 0.400. The zero-order valence-electron chi connectivity index (χ0n) is 16.4. The molecule has 28 heavy (non-hydrogen) atoms. The van der Waals surface area contributed by atoms with Crippen molar-refractivity contribution in [1.82, 2.24) is 19.3 Å². The summed E-state index contributed by atoms with van der Waals surface area (Å²) < 4.78 is 3.51. The summed E-state index contributed by atoms with van der Waals surface area (Å²) in [4.78, 5) is 30.5. The number of fused-ring (bicyclic) bond motifs is 1. The summed E-state index contributed by atoms with van der Waals surface area (Å²) in [6, 6.07) is 7.55. The third kappa shape index (κ3) is 3.32. The van der Waals surface area contributed by atoms with Crippen LogP contribution in [0.5, 0.6) is 0 Å². The van der Waals surface area contributed by atoms with E-state index in [0.717, 1.165) is 29.9 Å². The van der Waals surface area contributed by atoms with Crippen LogP contribution in [0, 0.1) is 13.8 Å². The van der Waals surface area contributed by atoms with Crippen LogP contribution in [0.25, 0.3) is 10.9 Å². The highest BCUT2D eigenvalue weighted by molar-refractivity contribution is 8.00. The molecule has 146 valence electrons. The summed E-state index contributed by atoms with van der Waals surface area (Å²) >= 11 is 1.33. The second kappa shape index (κ2) is 7.09. The van der Waals surface area contributed by atoms with Crippen molar-refractivity contribution in [2.45, 2.75) is 50.1 Å². The number of carbonyl (C=O) groups is 1. The van der Waals surface area contributed by atoms with Crippen LogP contribution in [0.2, 0.25) is 0 Å². The summed E-state index contributed by atoms with van der Waals surface area (Å²) in [5.41, 5.74) is 3.07. The number of amides is 1. The lowest BCUT2D eigenvalue weighted by atomic mass is 10.2. The van der Waals surface area contributed by atoms with Crippen LogP contribution < -0.4 is 10.9 Å². The molecule has 0 radical (unpaired) electrons. The Morgan fingerprint density at radius 2 is 2.00 bits per heavy atom. The van der Waals surface area contributed by atoms with Crippen LogP contribution in [0.1, 0.15) is 37.2 Å². The molecule has 7 nitrogen and oxygen atoms in total. The van der Waals surface area contributed by atoms with Gasteiger partial charge in [0.15, 0.2) is 5.16 Å². The van der Waals surface area contributed by atoms with Crippen molar-refractivity contribution >= 4 is 34.3 Å². The van der Waals surface area contributed by atoms with E-state index in [9.17, 15) is 9.59 Å². The first kappa shape index (κ1) is 18.7. The molecule has 0 aliphatic heterocycles. The molecule has 4 rings (SSSR count). The Morgan fingerprint density at radius 3 is 2.64 bits per heavy atom. The number of rotatable bonds is 5. The van der Waals surface area contributed by atoms with Gasteiger partial charge in [0.05, 0.1) is 33.2 Å². The Kier molecular flexibility index (Phi) is 4.74. The molecule has 2 heterocycles. The van der Waals surface area contributed by atoms with Crippen molar-refractivity contribution in [3.8, 4) is 0 Å². The smallest absolute Gasteiger partial charge is 0.262 e. The first-order valence-corrected chi connectivity index (χ1v) is 10.2. The summed E-state index contributed by atoms with van der Waals surface area (Å²) in [5.74, 6) is -0.131. The molecule has 1 aliphatic carbocycles. The molecule has 2 aromatic heterocycles. The monoisotopic (exact) mass is 397 g/mol. The first-order chi connectivity index (χ1) is 13.4. The fourth-order valence-corrected chi connectivity index (χ4v) is 4.23. The SMILES string of the molecule is Cc1nn(C)c(C)c1NC(=O)[C@H](C)Sc1nc2ccccc2c(=O)n1C1CC1. The molecule has 1 aromatic carbocycles. The number of anilines is 1. The molecule has 0 bridgehead atoms. The number of benzene rings is 1. The molecule has 8 heteroatoms. The highest BCUT2D eigenvalue weighted by Crippen LogP contribution is 2.37. The van der Waals surface area contributed by atoms with E-state index in [0.29, 0.717) is 16.1 Å². The van der Waals surface area contributed by atoms with Gasteiger partial charge in [0, 0.05) is 13.1 Å². The van der Waals surface area contributed by atoms with Crippen LogP contribution in [-0.4, -0.2) is 30.5 Å². The van der Waals surface area contributed by atoms with Crippen LogP contribution in [0.3, 0.4) is 0 Å². The molecule has 1 aliphatic rings. The Morgan fingerprint density at radius 1 is 1.29 bits per heavy atom. The number of para-hydroxylation sites is 1. The minimum atomic E-state index is -0.405. The maximum Gasteiger partial charge on any atom is 0.262 e. The van der Waals surface area contributed by atoms with E-state index >= 15 is 0 Å². The van der Waals surface area contributed by atoms with Gasteiger partial charge in [-0.2, -0.15) is 5.10 Å². The summed E-state index contributed by atoms with van der Waals surface area (Å²) in [5, 5.41) is 8.14. The molecular formula is C20H23N5O2S. The molecule has 3 aromatic rings. The Bertz CT molecular complexity index is 1130. The van der Waals surface area contributed by atoms with E-state index < -0.39 is 5.25 Å². The molecule has 1 saturated carbocycles. The van der Waals surface area contributed by atoms with Gasteiger partial charge in [-0.1, -0.05) is 23.9 Å². The van der Waals surface area contributed by atoms with Crippen molar-refractivity contribution in [2.24, 2.45) is 7.05 Å². The Hall–Kier alpha value is -2.61. The average molecular weight is 398 g/mol. The highest BCUT2D eigenvalue weighted by Gasteiger charge is 2.30. The Balaban J connectivity index is 1.63. The zero-order valence-corrected chi connectivity index (χ0v) is 17.2. The van der Waals surface area contributed by atoms with Crippen molar-refractivity contribution in [3.63, 3.8) is 0 Å². The van der Waals surface area contributed by atoms with Crippen LogP contribution in [0.4, 0.5) is 5.69 Å². The lowest BCUT2D eigenvalue weighted by Crippen LogP contribution is -2.27. The van der Waals surface area contributed by atoms with Gasteiger partial charge in [0.25, 0.3) is 5.56 Å². The minimum Gasteiger partial charge on any atom is -0.322 e. The topological polar surface area (TPSA) is 81.8 Å². The number of nitrogens with zero attached hydrogens (tertiary/aromatic N) is 4. The maximum atomic E-state index is 13.0. The standard InChI is InChI=1S/C20H23N5O2S/c1-11-17(12(2)24(4)23-11)22-18(26)13(3)28-20-21-16-8-6-5-7-15(16)19(27)25(20)14-9-10-14/h5-8,13-14H,9-10H2,1-4H3,(H,22,26)/t13-/m0/s1. The third-order valence-corrected chi connectivity index (χ3v) is 6.16.